The van der Waals surface area contributed by atoms with Crippen molar-refractivity contribution in [1.82, 2.24) is 15.5 Å². The standard InChI is InChI=1S/C14H17Cl2N3O2/c1-8(11-4-3-10(15)7-12(11)16)18-9(2)13(20)19-6-5-17-14(19)21/h3-4,7-9,18H,5-6H2,1-2H3,(H,17,21)/t8-,9+/m0/s1. The zero-order valence-electron chi connectivity index (χ0n) is 11.8. The molecule has 114 valence electrons. The first-order chi connectivity index (χ1) is 9.90. The van der Waals surface area contributed by atoms with Gasteiger partial charge in [-0.15, -0.1) is 0 Å². The number of nitrogens with zero attached hydrogens (tertiary/aromatic N) is 1. The maximum atomic E-state index is 12.2. The average molecular weight is 330 g/mol. The predicted molar refractivity (Wildman–Crippen MR) is 82.6 cm³/mol. The van der Waals surface area contributed by atoms with Crippen molar-refractivity contribution in [2.24, 2.45) is 0 Å². The van der Waals surface area contributed by atoms with Crippen LogP contribution in [-0.2, 0) is 4.79 Å². The Balaban J connectivity index is 2.03. The number of benzene rings is 1. The number of carbonyl (C=O) groups excluding carboxylic acids is 2. The lowest BCUT2D eigenvalue weighted by Crippen LogP contribution is -2.46. The Morgan fingerprint density at radius 1 is 1.38 bits per heavy atom. The Labute approximate surface area is 133 Å². The third-order valence-corrected chi connectivity index (χ3v) is 3.98. The van der Waals surface area contributed by atoms with Gasteiger partial charge in [-0.1, -0.05) is 29.3 Å². The van der Waals surface area contributed by atoms with Gasteiger partial charge >= 0.3 is 6.03 Å². The summed E-state index contributed by atoms with van der Waals surface area (Å²) < 4.78 is 0. The van der Waals surface area contributed by atoms with Gasteiger partial charge in [0.25, 0.3) is 0 Å². The lowest BCUT2D eigenvalue weighted by atomic mass is 10.1. The van der Waals surface area contributed by atoms with Crippen LogP contribution in [-0.4, -0.2) is 36.0 Å². The molecular weight excluding hydrogens is 313 g/mol. The van der Waals surface area contributed by atoms with Gasteiger partial charge in [-0.3, -0.25) is 15.0 Å². The Hall–Kier alpha value is -1.30. The summed E-state index contributed by atoms with van der Waals surface area (Å²) >= 11 is 12.0. The van der Waals surface area contributed by atoms with E-state index < -0.39 is 6.04 Å². The molecule has 1 fully saturated rings. The van der Waals surface area contributed by atoms with E-state index in [1.54, 1.807) is 19.1 Å². The van der Waals surface area contributed by atoms with Crippen molar-refractivity contribution in [1.29, 1.82) is 0 Å². The summed E-state index contributed by atoms with van der Waals surface area (Å²) in [4.78, 5) is 24.9. The number of hydrogen-bond donors (Lipinski definition) is 2. The third kappa shape index (κ3) is 3.67. The minimum Gasteiger partial charge on any atom is -0.336 e. The molecule has 2 atom stereocenters. The summed E-state index contributed by atoms with van der Waals surface area (Å²) in [5.41, 5.74) is 0.853. The van der Waals surface area contributed by atoms with Crippen molar-refractivity contribution in [3.8, 4) is 0 Å². The molecule has 2 N–H and O–H groups in total. The quantitative estimate of drug-likeness (QED) is 0.892. The van der Waals surface area contributed by atoms with E-state index in [2.05, 4.69) is 10.6 Å². The molecule has 1 aliphatic heterocycles. The van der Waals surface area contributed by atoms with Gasteiger partial charge in [0.15, 0.2) is 0 Å². The van der Waals surface area contributed by atoms with Crippen LogP contribution < -0.4 is 10.6 Å². The van der Waals surface area contributed by atoms with Crippen molar-refractivity contribution in [3.63, 3.8) is 0 Å². The van der Waals surface area contributed by atoms with Gasteiger partial charge in [0.2, 0.25) is 5.91 Å². The Kier molecular flexibility index (Phi) is 5.08. The molecule has 21 heavy (non-hydrogen) atoms. The Bertz CT molecular complexity index is 565. The van der Waals surface area contributed by atoms with Crippen LogP contribution in [0.2, 0.25) is 10.0 Å². The van der Waals surface area contributed by atoms with Gasteiger partial charge in [0, 0.05) is 29.2 Å². The normalized spacial score (nSPS) is 17.5. The second-order valence-corrected chi connectivity index (χ2v) is 5.84. The zero-order chi connectivity index (χ0) is 15.6. The third-order valence-electron chi connectivity index (χ3n) is 3.42. The molecule has 0 bridgehead atoms. The minimum absolute atomic E-state index is 0.139. The van der Waals surface area contributed by atoms with E-state index in [4.69, 9.17) is 23.2 Å². The molecule has 0 aliphatic carbocycles. The number of amides is 3. The second kappa shape index (κ2) is 6.64. The van der Waals surface area contributed by atoms with E-state index >= 15 is 0 Å². The van der Waals surface area contributed by atoms with E-state index in [1.165, 1.54) is 4.90 Å². The number of nitrogens with one attached hydrogen (secondary N) is 2. The van der Waals surface area contributed by atoms with E-state index in [9.17, 15) is 9.59 Å². The first-order valence-corrected chi connectivity index (χ1v) is 7.46. The topological polar surface area (TPSA) is 61.4 Å². The summed E-state index contributed by atoms with van der Waals surface area (Å²) in [5, 5.41) is 6.87. The van der Waals surface area contributed by atoms with E-state index in [-0.39, 0.29) is 18.0 Å². The molecule has 0 aromatic heterocycles. The SMILES string of the molecule is C[C@H](N[C@H](C)C(=O)N1CCNC1=O)c1ccc(Cl)cc1Cl. The zero-order valence-corrected chi connectivity index (χ0v) is 13.3. The van der Waals surface area contributed by atoms with E-state index in [1.807, 2.05) is 13.0 Å². The molecule has 0 saturated carbocycles. The average Bonchev–Trinajstić information content (AvgIpc) is 2.83. The molecule has 0 unspecified atom stereocenters. The highest BCUT2D eigenvalue weighted by molar-refractivity contribution is 6.35. The minimum atomic E-state index is -0.490. The summed E-state index contributed by atoms with van der Waals surface area (Å²) in [6.45, 7) is 4.53. The highest BCUT2D eigenvalue weighted by atomic mass is 35.5. The van der Waals surface area contributed by atoms with Gasteiger partial charge < -0.3 is 5.32 Å². The lowest BCUT2D eigenvalue weighted by Gasteiger charge is -2.23. The molecule has 1 aliphatic rings. The van der Waals surface area contributed by atoms with Crippen molar-refractivity contribution < 1.29 is 9.59 Å². The molecule has 5 nitrogen and oxygen atoms in total. The number of carbonyl (C=O) groups is 2. The fourth-order valence-electron chi connectivity index (χ4n) is 2.30. The maximum absolute atomic E-state index is 12.2. The monoisotopic (exact) mass is 329 g/mol. The molecule has 7 heteroatoms. The number of halogens is 2. The first-order valence-electron chi connectivity index (χ1n) is 6.70. The fraction of sp³-hybridized carbons (Fsp3) is 0.429. The Morgan fingerprint density at radius 2 is 2.10 bits per heavy atom. The van der Waals surface area contributed by atoms with Gasteiger partial charge in [0.05, 0.1) is 6.04 Å². The fourth-order valence-corrected chi connectivity index (χ4v) is 2.88. The van der Waals surface area contributed by atoms with Gasteiger partial charge in [0.1, 0.15) is 0 Å². The van der Waals surface area contributed by atoms with Gasteiger partial charge in [-0.05, 0) is 31.5 Å². The van der Waals surface area contributed by atoms with Crippen LogP contribution in [0.5, 0.6) is 0 Å². The van der Waals surface area contributed by atoms with Crippen LogP contribution in [0.1, 0.15) is 25.5 Å². The summed E-state index contributed by atoms with van der Waals surface area (Å²) in [6.07, 6.45) is 0. The van der Waals surface area contributed by atoms with E-state index in [0.29, 0.717) is 23.1 Å². The smallest absolute Gasteiger partial charge is 0.324 e. The van der Waals surface area contributed by atoms with Crippen LogP contribution in [0, 0.1) is 0 Å². The number of urea groups is 1. The first kappa shape index (κ1) is 16.1. The second-order valence-electron chi connectivity index (χ2n) is 5.00. The molecule has 1 heterocycles. The number of hydrogen-bond acceptors (Lipinski definition) is 3. The summed E-state index contributed by atoms with van der Waals surface area (Å²) in [6, 6.07) is 4.27. The molecule has 0 radical (unpaired) electrons. The maximum Gasteiger partial charge on any atom is 0.324 e. The highest BCUT2D eigenvalue weighted by Crippen LogP contribution is 2.26. The molecule has 1 aromatic rings. The lowest BCUT2D eigenvalue weighted by molar-refractivity contribution is -0.129. The van der Waals surface area contributed by atoms with Crippen LogP contribution >= 0.6 is 23.2 Å². The van der Waals surface area contributed by atoms with Crippen molar-refractivity contribution >= 4 is 35.1 Å². The van der Waals surface area contributed by atoms with Crippen LogP contribution in [0.25, 0.3) is 0 Å². The molecule has 1 saturated heterocycles. The number of rotatable bonds is 4. The van der Waals surface area contributed by atoms with Crippen molar-refractivity contribution in [3.05, 3.63) is 33.8 Å². The van der Waals surface area contributed by atoms with Crippen molar-refractivity contribution in [2.75, 3.05) is 13.1 Å². The summed E-state index contributed by atoms with van der Waals surface area (Å²) in [5.74, 6) is -0.248. The molecular formula is C14H17Cl2N3O2. The van der Waals surface area contributed by atoms with Crippen LogP contribution in [0.3, 0.4) is 0 Å². The van der Waals surface area contributed by atoms with Crippen molar-refractivity contribution in [2.45, 2.75) is 25.9 Å². The van der Waals surface area contributed by atoms with E-state index in [0.717, 1.165) is 5.56 Å². The highest BCUT2D eigenvalue weighted by Gasteiger charge is 2.30. The van der Waals surface area contributed by atoms with Gasteiger partial charge in [-0.25, -0.2) is 4.79 Å². The molecule has 3 amide bonds. The molecule has 1 aromatic carbocycles. The van der Waals surface area contributed by atoms with Gasteiger partial charge in [-0.2, -0.15) is 0 Å². The van der Waals surface area contributed by atoms with Crippen LogP contribution in [0.15, 0.2) is 18.2 Å². The number of imide groups is 1. The molecule has 0 spiro atoms. The largest absolute Gasteiger partial charge is 0.336 e. The predicted octanol–water partition coefficient (Wildman–Crippen LogP) is 2.58. The Morgan fingerprint density at radius 3 is 2.67 bits per heavy atom. The van der Waals surface area contributed by atoms with Crippen LogP contribution in [0.4, 0.5) is 4.79 Å². The molecule has 2 rings (SSSR count). The summed E-state index contributed by atoms with van der Waals surface area (Å²) in [7, 11) is 0.